The van der Waals surface area contributed by atoms with E-state index in [1.807, 2.05) is 0 Å². The smallest absolute Gasteiger partial charge is 0.309 e. The van der Waals surface area contributed by atoms with Gasteiger partial charge >= 0.3 is 11.8 Å². The van der Waals surface area contributed by atoms with Gasteiger partial charge in [-0.25, -0.2) is 0 Å². The average molecular weight is 256 g/mol. The van der Waals surface area contributed by atoms with E-state index in [9.17, 15) is 9.59 Å². The number of nitrogens with two attached hydrogens (primary N) is 1. The SMILES string of the molecule is CCCN1CCC(NC(=O)C(=O)NCCN)CC1. The van der Waals surface area contributed by atoms with Gasteiger partial charge in [0.05, 0.1) is 0 Å². The van der Waals surface area contributed by atoms with E-state index in [0.717, 1.165) is 38.9 Å². The number of nitrogens with one attached hydrogen (secondary N) is 2. The van der Waals surface area contributed by atoms with Gasteiger partial charge < -0.3 is 21.3 Å². The average Bonchev–Trinajstić information content (AvgIpc) is 2.38. The lowest BCUT2D eigenvalue weighted by Crippen LogP contribution is -2.49. The number of amides is 2. The molecule has 0 spiro atoms. The predicted octanol–water partition coefficient (Wildman–Crippen LogP) is -0.948. The molecule has 0 aromatic rings. The number of piperidine rings is 1. The van der Waals surface area contributed by atoms with Crippen LogP contribution in [0.5, 0.6) is 0 Å². The van der Waals surface area contributed by atoms with E-state index in [1.165, 1.54) is 0 Å². The van der Waals surface area contributed by atoms with Crippen LogP contribution in [0.4, 0.5) is 0 Å². The molecule has 1 heterocycles. The van der Waals surface area contributed by atoms with Crippen molar-refractivity contribution in [1.82, 2.24) is 15.5 Å². The van der Waals surface area contributed by atoms with Crippen LogP contribution < -0.4 is 16.4 Å². The van der Waals surface area contributed by atoms with E-state index in [-0.39, 0.29) is 6.04 Å². The molecule has 1 rings (SSSR count). The molecule has 0 atom stereocenters. The Labute approximate surface area is 108 Å². The van der Waals surface area contributed by atoms with Gasteiger partial charge in [0.1, 0.15) is 0 Å². The van der Waals surface area contributed by atoms with Crippen LogP contribution in [0.25, 0.3) is 0 Å². The molecule has 104 valence electrons. The van der Waals surface area contributed by atoms with E-state index in [0.29, 0.717) is 13.1 Å². The molecule has 18 heavy (non-hydrogen) atoms. The van der Waals surface area contributed by atoms with Crippen LogP contribution in [0.15, 0.2) is 0 Å². The summed E-state index contributed by atoms with van der Waals surface area (Å²) >= 11 is 0. The molecule has 1 fully saturated rings. The molecule has 1 aliphatic heterocycles. The van der Waals surface area contributed by atoms with E-state index in [2.05, 4.69) is 22.5 Å². The number of nitrogens with zero attached hydrogens (tertiary/aromatic N) is 1. The van der Waals surface area contributed by atoms with Gasteiger partial charge in [-0.1, -0.05) is 6.92 Å². The topological polar surface area (TPSA) is 87.5 Å². The number of likely N-dealkylation sites (tertiary alicyclic amines) is 1. The maximum absolute atomic E-state index is 11.5. The molecule has 1 aliphatic rings. The standard InChI is InChI=1S/C12H24N4O2/c1-2-7-16-8-3-10(4-9-16)15-12(18)11(17)14-6-5-13/h10H,2-9,13H2,1H3,(H,14,17)(H,15,18). The summed E-state index contributed by atoms with van der Waals surface area (Å²) in [6.45, 7) is 5.93. The molecule has 2 amide bonds. The minimum atomic E-state index is -0.587. The number of carbonyl (C=O) groups excluding carboxylic acids is 2. The van der Waals surface area contributed by atoms with Gasteiger partial charge in [0.15, 0.2) is 0 Å². The fourth-order valence-electron chi connectivity index (χ4n) is 2.13. The van der Waals surface area contributed by atoms with Crippen molar-refractivity contribution in [3.05, 3.63) is 0 Å². The normalized spacial score (nSPS) is 17.4. The van der Waals surface area contributed by atoms with Crippen LogP contribution in [0.2, 0.25) is 0 Å². The monoisotopic (exact) mass is 256 g/mol. The van der Waals surface area contributed by atoms with Crippen molar-refractivity contribution in [2.75, 3.05) is 32.7 Å². The van der Waals surface area contributed by atoms with Crippen LogP contribution in [0, 0.1) is 0 Å². The molecular weight excluding hydrogens is 232 g/mol. The maximum atomic E-state index is 11.5. The molecule has 1 saturated heterocycles. The van der Waals surface area contributed by atoms with Crippen LogP contribution in [-0.2, 0) is 9.59 Å². The Bertz CT molecular complexity index is 275. The summed E-state index contributed by atoms with van der Waals surface area (Å²) in [5.74, 6) is -1.13. The molecule has 0 radical (unpaired) electrons. The molecule has 4 N–H and O–H groups in total. The van der Waals surface area contributed by atoms with Crippen LogP contribution in [0.1, 0.15) is 26.2 Å². The van der Waals surface area contributed by atoms with Gasteiger partial charge in [0.2, 0.25) is 0 Å². The number of carbonyl (C=O) groups is 2. The van der Waals surface area contributed by atoms with Gasteiger partial charge in [0.25, 0.3) is 0 Å². The van der Waals surface area contributed by atoms with Crippen molar-refractivity contribution in [2.24, 2.45) is 5.73 Å². The minimum absolute atomic E-state index is 0.120. The second kappa shape index (κ2) is 8.05. The first-order valence-corrected chi connectivity index (χ1v) is 6.68. The van der Waals surface area contributed by atoms with Crippen molar-refractivity contribution >= 4 is 11.8 Å². The lowest BCUT2D eigenvalue weighted by Gasteiger charge is -2.31. The number of hydrogen-bond acceptors (Lipinski definition) is 4. The lowest BCUT2D eigenvalue weighted by atomic mass is 10.0. The van der Waals surface area contributed by atoms with E-state index >= 15 is 0 Å². The highest BCUT2D eigenvalue weighted by Gasteiger charge is 2.22. The molecule has 0 aromatic carbocycles. The molecule has 6 heteroatoms. The second-order valence-electron chi connectivity index (χ2n) is 4.63. The molecule has 0 aliphatic carbocycles. The van der Waals surface area contributed by atoms with Gasteiger partial charge in [0, 0.05) is 32.2 Å². The summed E-state index contributed by atoms with van der Waals surface area (Å²) in [6, 6.07) is 0.120. The van der Waals surface area contributed by atoms with Crippen molar-refractivity contribution in [1.29, 1.82) is 0 Å². The minimum Gasteiger partial charge on any atom is -0.347 e. The number of rotatable bonds is 5. The third-order valence-electron chi connectivity index (χ3n) is 3.10. The third kappa shape index (κ3) is 5.01. The molecule has 0 aromatic heterocycles. The fourth-order valence-corrected chi connectivity index (χ4v) is 2.13. The van der Waals surface area contributed by atoms with Gasteiger partial charge in [-0.3, -0.25) is 9.59 Å². The Morgan fingerprint density at radius 2 is 1.94 bits per heavy atom. The zero-order chi connectivity index (χ0) is 13.4. The van der Waals surface area contributed by atoms with E-state index < -0.39 is 11.8 Å². The Morgan fingerprint density at radius 3 is 2.50 bits per heavy atom. The summed E-state index contributed by atoms with van der Waals surface area (Å²) in [5.41, 5.74) is 5.25. The van der Waals surface area contributed by atoms with E-state index in [4.69, 9.17) is 5.73 Å². The Kier molecular flexibility index (Phi) is 6.67. The van der Waals surface area contributed by atoms with E-state index in [1.54, 1.807) is 0 Å². The van der Waals surface area contributed by atoms with Crippen molar-refractivity contribution < 1.29 is 9.59 Å². The highest BCUT2D eigenvalue weighted by molar-refractivity contribution is 6.35. The zero-order valence-corrected chi connectivity index (χ0v) is 11.1. The molecule has 0 unspecified atom stereocenters. The highest BCUT2D eigenvalue weighted by atomic mass is 16.2. The predicted molar refractivity (Wildman–Crippen MR) is 70.0 cm³/mol. The Balaban J connectivity index is 2.23. The summed E-state index contributed by atoms with van der Waals surface area (Å²) < 4.78 is 0. The molecular formula is C12H24N4O2. The first-order chi connectivity index (χ1) is 8.67. The molecule has 0 saturated carbocycles. The first-order valence-electron chi connectivity index (χ1n) is 6.68. The first kappa shape index (κ1) is 14.9. The summed E-state index contributed by atoms with van der Waals surface area (Å²) in [7, 11) is 0. The lowest BCUT2D eigenvalue weighted by molar-refractivity contribution is -0.139. The van der Waals surface area contributed by atoms with Gasteiger partial charge in [-0.2, -0.15) is 0 Å². The molecule has 6 nitrogen and oxygen atoms in total. The highest BCUT2D eigenvalue weighted by Crippen LogP contribution is 2.10. The third-order valence-corrected chi connectivity index (χ3v) is 3.10. The summed E-state index contributed by atoms with van der Waals surface area (Å²) in [6.07, 6.45) is 2.98. The van der Waals surface area contributed by atoms with Crippen LogP contribution in [0.3, 0.4) is 0 Å². The maximum Gasteiger partial charge on any atom is 0.309 e. The van der Waals surface area contributed by atoms with Crippen LogP contribution >= 0.6 is 0 Å². The Hall–Kier alpha value is -1.14. The van der Waals surface area contributed by atoms with Crippen molar-refractivity contribution in [2.45, 2.75) is 32.2 Å². The number of hydrogen-bond donors (Lipinski definition) is 3. The van der Waals surface area contributed by atoms with Gasteiger partial charge in [-0.15, -0.1) is 0 Å². The molecule has 0 bridgehead atoms. The van der Waals surface area contributed by atoms with Crippen LogP contribution in [-0.4, -0.2) is 55.5 Å². The summed E-state index contributed by atoms with van der Waals surface area (Å²) in [5, 5.41) is 5.24. The largest absolute Gasteiger partial charge is 0.347 e. The quantitative estimate of drug-likeness (QED) is 0.554. The van der Waals surface area contributed by atoms with Gasteiger partial charge in [-0.05, 0) is 25.8 Å². The summed E-state index contributed by atoms with van der Waals surface area (Å²) in [4.78, 5) is 25.3. The van der Waals surface area contributed by atoms with Crippen molar-refractivity contribution in [3.8, 4) is 0 Å². The fraction of sp³-hybridized carbons (Fsp3) is 0.833. The second-order valence-corrected chi connectivity index (χ2v) is 4.63. The zero-order valence-electron chi connectivity index (χ0n) is 11.1. The van der Waals surface area contributed by atoms with Crippen molar-refractivity contribution in [3.63, 3.8) is 0 Å². The Morgan fingerprint density at radius 1 is 1.28 bits per heavy atom.